The summed E-state index contributed by atoms with van der Waals surface area (Å²) in [5, 5.41) is 3.10. The van der Waals surface area contributed by atoms with Crippen LogP contribution in [0.25, 0.3) is 0 Å². The van der Waals surface area contributed by atoms with Crippen molar-refractivity contribution in [2.75, 3.05) is 18.4 Å². The van der Waals surface area contributed by atoms with Crippen LogP contribution >= 0.6 is 0 Å². The fourth-order valence-corrected chi connectivity index (χ4v) is 2.98. The molecule has 0 aliphatic carbocycles. The van der Waals surface area contributed by atoms with Crippen molar-refractivity contribution in [2.24, 2.45) is 0 Å². The Bertz CT molecular complexity index is 642. The van der Waals surface area contributed by atoms with Crippen molar-refractivity contribution < 1.29 is 9.69 Å². The zero-order valence-corrected chi connectivity index (χ0v) is 14.6. The van der Waals surface area contributed by atoms with E-state index in [1.54, 1.807) is 0 Å². The molecule has 1 atom stereocenters. The topological polar surface area (TPSA) is 33.5 Å². The second-order valence-electron chi connectivity index (χ2n) is 6.26. The summed E-state index contributed by atoms with van der Waals surface area (Å²) in [6.45, 7) is 10.6. The van der Waals surface area contributed by atoms with Crippen molar-refractivity contribution in [2.45, 2.75) is 34.2 Å². The number of amides is 1. The lowest BCUT2D eigenvalue weighted by atomic mass is 10.1. The van der Waals surface area contributed by atoms with Gasteiger partial charge in [-0.15, -0.1) is 0 Å². The molecule has 2 rings (SSSR count). The maximum absolute atomic E-state index is 12.4. The van der Waals surface area contributed by atoms with Crippen molar-refractivity contribution in [1.82, 2.24) is 0 Å². The number of likely N-dealkylation sites (N-methyl/N-ethyl adjacent to an activating group) is 1. The van der Waals surface area contributed by atoms with Crippen molar-refractivity contribution in [3.63, 3.8) is 0 Å². The van der Waals surface area contributed by atoms with Crippen LogP contribution in [-0.2, 0) is 11.3 Å². The van der Waals surface area contributed by atoms with Crippen molar-refractivity contribution in [3.05, 3.63) is 64.7 Å². The molecule has 0 fully saturated rings. The number of carbonyl (C=O) groups is 1. The molecule has 2 aromatic rings. The highest BCUT2D eigenvalue weighted by atomic mass is 16.2. The third-order valence-corrected chi connectivity index (χ3v) is 4.15. The quantitative estimate of drug-likeness (QED) is 0.845. The lowest BCUT2D eigenvalue weighted by Gasteiger charge is -2.18. The van der Waals surface area contributed by atoms with E-state index in [4.69, 9.17) is 0 Å². The summed E-state index contributed by atoms with van der Waals surface area (Å²) in [4.78, 5) is 13.7. The monoisotopic (exact) mass is 311 g/mol. The van der Waals surface area contributed by atoms with Gasteiger partial charge in [0.25, 0.3) is 5.91 Å². The van der Waals surface area contributed by atoms with E-state index in [-0.39, 0.29) is 5.91 Å². The molecule has 1 unspecified atom stereocenters. The van der Waals surface area contributed by atoms with Crippen LogP contribution in [0.15, 0.2) is 42.5 Å². The van der Waals surface area contributed by atoms with Gasteiger partial charge in [0.05, 0.1) is 6.54 Å². The highest BCUT2D eigenvalue weighted by Gasteiger charge is 2.15. The molecule has 0 radical (unpaired) electrons. The smallest absolute Gasteiger partial charge is 0.279 e. The molecule has 0 aromatic heterocycles. The van der Waals surface area contributed by atoms with Gasteiger partial charge in [0.2, 0.25) is 0 Å². The molecular formula is C20H27N2O+. The molecule has 0 bridgehead atoms. The molecule has 0 saturated carbocycles. The number of carbonyl (C=O) groups excluding carboxylic acids is 1. The minimum Gasteiger partial charge on any atom is -0.324 e. The summed E-state index contributed by atoms with van der Waals surface area (Å²) in [7, 11) is 0. The van der Waals surface area contributed by atoms with Gasteiger partial charge in [0.15, 0.2) is 6.54 Å². The Morgan fingerprint density at radius 3 is 2.22 bits per heavy atom. The number of aryl methyl sites for hydroxylation is 3. The van der Waals surface area contributed by atoms with E-state index < -0.39 is 0 Å². The number of hydrogen-bond acceptors (Lipinski definition) is 1. The Morgan fingerprint density at radius 2 is 1.65 bits per heavy atom. The van der Waals surface area contributed by atoms with Crippen LogP contribution in [0.5, 0.6) is 0 Å². The number of rotatable bonds is 6. The van der Waals surface area contributed by atoms with E-state index in [0.29, 0.717) is 6.54 Å². The van der Waals surface area contributed by atoms with Crippen molar-refractivity contribution in [3.8, 4) is 0 Å². The average Bonchev–Trinajstić information content (AvgIpc) is 2.51. The van der Waals surface area contributed by atoms with Gasteiger partial charge in [-0.1, -0.05) is 48.0 Å². The number of benzene rings is 2. The van der Waals surface area contributed by atoms with Crippen LogP contribution in [0.4, 0.5) is 5.69 Å². The molecule has 0 heterocycles. The number of anilines is 1. The van der Waals surface area contributed by atoms with Gasteiger partial charge in [-0.25, -0.2) is 0 Å². The zero-order chi connectivity index (χ0) is 16.8. The molecule has 0 spiro atoms. The predicted molar refractivity (Wildman–Crippen MR) is 95.8 cm³/mol. The Kier molecular flexibility index (Phi) is 5.94. The van der Waals surface area contributed by atoms with Crippen LogP contribution in [0.3, 0.4) is 0 Å². The second-order valence-corrected chi connectivity index (χ2v) is 6.26. The third-order valence-electron chi connectivity index (χ3n) is 4.15. The molecule has 122 valence electrons. The summed E-state index contributed by atoms with van der Waals surface area (Å²) < 4.78 is 0. The van der Waals surface area contributed by atoms with Gasteiger partial charge in [0, 0.05) is 11.3 Å². The minimum absolute atomic E-state index is 0.0767. The number of hydrogen-bond donors (Lipinski definition) is 2. The van der Waals surface area contributed by atoms with E-state index >= 15 is 0 Å². The van der Waals surface area contributed by atoms with Crippen molar-refractivity contribution >= 4 is 11.6 Å². The first kappa shape index (κ1) is 17.2. The first-order valence-corrected chi connectivity index (χ1v) is 8.24. The zero-order valence-electron chi connectivity index (χ0n) is 14.6. The lowest BCUT2D eigenvalue weighted by molar-refractivity contribution is -0.903. The summed E-state index contributed by atoms with van der Waals surface area (Å²) in [6, 6.07) is 14.5. The second kappa shape index (κ2) is 7.93. The maximum Gasteiger partial charge on any atom is 0.279 e. The van der Waals surface area contributed by atoms with E-state index in [1.165, 1.54) is 16.0 Å². The minimum atomic E-state index is 0.0767. The molecule has 0 saturated heterocycles. The highest BCUT2D eigenvalue weighted by molar-refractivity contribution is 5.93. The fraction of sp³-hybridized carbons (Fsp3) is 0.350. The maximum atomic E-state index is 12.4. The largest absolute Gasteiger partial charge is 0.324 e. The lowest BCUT2D eigenvalue weighted by Crippen LogP contribution is -3.11. The van der Waals surface area contributed by atoms with E-state index in [2.05, 4.69) is 43.4 Å². The first-order valence-electron chi connectivity index (χ1n) is 8.24. The summed E-state index contributed by atoms with van der Waals surface area (Å²) in [5.41, 5.74) is 5.69. The molecule has 1 amide bonds. The van der Waals surface area contributed by atoms with Gasteiger partial charge in [-0.3, -0.25) is 4.79 Å². The van der Waals surface area contributed by atoms with Gasteiger partial charge in [-0.2, -0.15) is 0 Å². The molecule has 2 aromatic carbocycles. The average molecular weight is 311 g/mol. The van der Waals surface area contributed by atoms with Crippen LogP contribution < -0.4 is 10.2 Å². The third kappa shape index (κ3) is 4.93. The molecule has 3 nitrogen and oxygen atoms in total. The fourth-order valence-electron chi connectivity index (χ4n) is 2.98. The summed E-state index contributed by atoms with van der Waals surface area (Å²) in [5.74, 6) is 0.0767. The Hall–Kier alpha value is -2.13. The Morgan fingerprint density at radius 1 is 1.04 bits per heavy atom. The van der Waals surface area contributed by atoms with Gasteiger partial charge in [0.1, 0.15) is 6.54 Å². The normalized spacial score (nSPS) is 12.0. The van der Waals surface area contributed by atoms with Gasteiger partial charge < -0.3 is 10.2 Å². The Balaban J connectivity index is 2.00. The highest BCUT2D eigenvalue weighted by Crippen LogP contribution is 2.21. The summed E-state index contributed by atoms with van der Waals surface area (Å²) in [6.07, 6.45) is 0. The van der Waals surface area contributed by atoms with Crippen LogP contribution in [0.1, 0.15) is 29.2 Å². The molecule has 3 heteroatoms. The van der Waals surface area contributed by atoms with E-state index in [9.17, 15) is 4.79 Å². The van der Waals surface area contributed by atoms with Crippen LogP contribution in [-0.4, -0.2) is 19.0 Å². The van der Waals surface area contributed by atoms with Gasteiger partial charge in [-0.05, 0) is 38.8 Å². The standard InChI is InChI=1S/C20H26N2O/c1-5-22(13-18-9-7-6-8-10-18)14-19(23)21-20-16(3)11-15(2)12-17(20)4/h6-12H,5,13-14H2,1-4H3,(H,21,23)/p+1. The van der Waals surface area contributed by atoms with E-state index in [0.717, 1.165) is 29.9 Å². The SMILES string of the molecule is CC[NH+](CC(=O)Nc1c(C)cc(C)cc1C)Cc1ccccc1. The first-order chi connectivity index (χ1) is 11.0. The van der Waals surface area contributed by atoms with E-state index in [1.807, 2.05) is 32.0 Å². The van der Waals surface area contributed by atoms with Crippen molar-refractivity contribution in [1.29, 1.82) is 0 Å². The van der Waals surface area contributed by atoms with Crippen LogP contribution in [0, 0.1) is 20.8 Å². The molecule has 23 heavy (non-hydrogen) atoms. The predicted octanol–water partition coefficient (Wildman–Crippen LogP) is 2.66. The van der Waals surface area contributed by atoms with Gasteiger partial charge >= 0.3 is 0 Å². The number of nitrogens with one attached hydrogen (secondary N) is 2. The molecular weight excluding hydrogens is 284 g/mol. The molecule has 2 N–H and O–H groups in total. The molecule has 0 aliphatic heterocycles. The molecule has 0 aliphatic rings. The summed E-state index contributed by atoms with van der Waals surface area (Å²) >= 11 is 0. The van der Waals surface area contributed by atoms with Crippen LogP contribution in [0.2, 0.25) is 0 Å². The Labute approximate surface area is 139 Å². The number of quaternary nitrogens is 1.